The first-order valence-electron chi connectivity index (χ1n) is 3.42. The first-order valence-corrected chi connectivity index (χ1v) is 3.42. The average Bonchev–Trinajstić information content (AvgIpc) is 2.19. The quantitative estimate of drug-likeness (QED) is 0.636. The van der Waals surface area contributed by atoms with E-state index in [0.717, 1.165) is 7.11 Å². The van der Waals surface area contributed by atoms with Crippen LogP contribution >= 0.6 is 0 Å². The van der Waals surface area contributed by atoms with Gasteiger partial charge < -0.3 is 25.1 Å². The number of carbonyl (C=O) groups excluding carboxylic acids is 1. The van der Waals surface area contributed by atoms with Crippen LogP contribution in [0.5, 0.6) is 0 Å². The fraction of sp³-hybridized carbons (Fsp3) is 0.429. The molecule has 0 saturated carbocycles. The second kappa shape index (κ2) is 11.1. The first kappa shape index (κ1) is 14.6. The van der Waals surface area contributed by atoms with Gasteiger partial charge in [0.05, 0.1) is 14.2 Å². The van der Waals surface area contributed by atoms with E-state index in [2.05, 4.69) is 14.2 Å². The SMILES string of the molecule is COC(=O)O.COC(=O)OCC=CN. The van der Waals surface area contributed by atoms with E-state index in [1.54, 1.807) is 0 Å². The molecule has 0 aromatic rings. The summed E-state index contributed by atoms with van der Waals surface area (Å²) in [6, 6.07) is 0. The Morgan fingerprint density at radius 1 is 1.36 bits per heavy atom. The molecule has 0 amide bonds. The molecule has 0 aliphatic heterocycles. The monoisotopic (exact) mass is 207 g/mol. The van der Waals surface area contributed by atoms with Crippen LogP contribution in [0.3, 0.4) is 0 Å². The third-order valence-electron chi connectivity index (χ3n) is 0.775. The molecule has 0 bridgehead atoms. The normalized spacial score (nSPS) is 8.43. The van der Waals surface area contributed by atoms with Crippen LogP contribution in [0.15, 0.2) is 12.3 Å². The lowest BCUT2D eigenvalue weighted by atomic mass is 10.7. The smallest absolute Gasteiger partial charge is 0.450 e. The molecule has 3 N–H and O–H groups in total. The van der Waals surface area contributed by atoms with Crippen LogP contribution in [0, 0.1) is 0 Å². The number of hydrogen-bond donors (Lipinski definition) is 2. The highest BCUT2D eigenvalue weighted by Crippen LogP contribution is 1.80. The van der Waals surface area contributed by atoms with Crippen molar-refractivity contribution in [1.29, 1.82) is 0 Å². The van der Waals surface area contributed by atoms with E-state index < -0.39 is 12.3 Å². The predicted octanol–water partition coefficient (Wildman–Crippen LogP) is 0.553. The van der Waals surface area contributed by atoms with Crippen LogP contribution < -0.4 is 5.73 Å². The minimum Gasteiger partial charge on any atom is -0.450 e. The van der Waals surface area contributed by atoms with Gasteiger partial charge in [-0.25, -0.2) is 9.59 Å². The van der Waals surface area contributed by atoms with Gasteiger partial charge in [-0.3, -0.25) is 0 Å². The van der Waals surface area contributed by atoms with Gasteiger partial charge in [0.15, 0.2) is 0 Å². The van der Waals surface area contributed by atoms with Crippen molar-refractivity contribution in [2.45, 2.75) is 0 Å². The molecular formula is C7H13NO6. The third-order valence-corrected chi connectivity index (χ3v) is 0.775. The maximum absolute atomic E-state index is 10.2. The summed E-state index contributed by atoms with van der Waals surface area (Å²) >= 11 is 0. The van der Waals surface area contributed by atoms with E-state index in [1.165, 1.54) is 19.4 Å². The molecule has 7 nitrogen and oxygen atoms in total. The molecule has 0 aromatic carbocycles. The summed E-state index contributed by atoms with van der Waals surface area (Å²) in [6.45, 7) is 0.156. The molecule has 0 fully saturated rings. The molecule has 0 unspecified atom stereocenters. The Balaban J connectivity index is 0. The number of rotatable bonds is 2. The highest BCUT2D eigenvalue weighted by Gasteiger charge is 1.94. The number of nitrogens with two attached hydrogens (primary N) is 1. The first-order chi connectivity index (χ1) is 6.58. The predicted molar refractivity (Wildman–Crippen MR) is 46.7 cm³/mol. The highest BCUT2D eigenvalue weighted by atomic mass is 16.7. The fourth-order valence-corrected chi connectivity index (χ4v) is 0.231. The van der Waals surface area contributed by atoms with Crippen molar-refractivity contribution in [1.82, 2.24) is 0 Å². The molecule has 0 spiro atoms. The van der Waals surface area contributed by atoms with Gasteiger partial charge in [-0.2, -0.15) is 0 Å². The Morgan fingerprint density at radius 3 is 2.14 bits per heavy atom. The number of carbonyl (C=O) groups is 2. The standard InChI is InChI=1S/C5H9NO3.C2H4O3/c1-8-5(7)9-4-2-3-6;1-5-2(3)4/h2-3H,4,6H2,1H3;1H3,(H,3,4). The fourth-order valence-electron chi connectivity index (χ4n) is 0.231. The van der Waals surface area contributed by atoms with Crippen LogP contribution in [0.1, 0.15) is 0 Å². The maximum Gasteiger partial charge on any atom is 0.508 e. The van der Waals surface area contributed by atoms with Crippen molar-refractivity contribution < 1.29 is 28.9 Å². The van der Waals surface area contributed by atoms with Gasteiger partial charge in [0, 0.05) is 0 Å². The Morgan fingerprint density at radius 2 is 1.86 bits per heavy atom. The van der Waals surface area contributed by atoms with Crippen molar-refractivity contribution in [3.63, 3.8) is 0 Å². The van der Waals surface area contributed by atoms with Crippen molar-refractivity contribution in [3.05, 3.63) is 12.3 Å². The van der Waals surface area contributed by atoms with Gasteiger partial charge in [-0.05, 0) is 12.3 Å². The van der Waals surface area contributed by atoms with Crippen LogP contribution in [0.25, 0.3) is 0 Å². The molecule has 0 aliphatic rings. The number of methoxy groups -OCH3 is 2. The van der Waals surface area contributed by atoms with Crippen LogP contribution in [0.2, 0.25) is 0 Å². The van der Waals surface area contributed by atoms with Gasteiger partial charge in [-0.1, -0.05) is 0 Å². The molecule has 7 heteroatoms. The Labute approximate surface area is 81.0 Å². The summed E-state index contributed by atoms with van der Waals surface area (Å²) in [5.41, 5.74) is 4.94. The van der Waals surface area contributed by atoms with Crippen LogP contribution in [-0.2, 0) is 14.2 Å². The van der Waals surface area contributed by atoms with E-state index in [9.17, 15) is 4.79 Å². The van der Waals surface area contributed by atoms with Gasteiger partial charge in [0.1, 0.15) is 6.61 Å². The molecule has 14 heavy (non-hydrogen) atoms. The second-order valence-corrected chi connectivity index (χ2v) is 1.66. The van der Waals surface area contributed by atoms with Gasteiger partial charge in [0.2, 0.25) is 0 Å². The zero-order chi connectivity index (χ0) is 11.4. The average molecular weight is 207 g/mol. The number of hydrogen-bond acceptors (Lipinski definition) is 6. The second-order valence-electron chi connectivity index (χ2n) is 1.66. The van der Waals surface area contributed by atoms with Crippen molar-refractivity contribution in [2.75, 3.05) is 20.8 Å². The summed E-state index contributed by atoms with van der Waals surface area (Å²) in [5.74, 6) is 0. The largest absolute Gasteiger partial charge is 0.508 e. The van der Waals surface area contributed by atoms with Crippen molar-refractivity contribution in [2.24, 2.45) is 5.73 Å². The lowest BCUT2D eigenvalue weighted by molar-refractivity contribution is 0.0817. The van der Waals surface area contributed by atoms with Gasteiger partial charge >= 0.3 is 12.3 Å². The maximum atomic E-state index is 10.2. The molecule has 0 radical (unpaired) electrons. The zero-order valence-corrected chi connectivity index (χ0v) is 7.93. The number of carboxylic acid groups (broad SMARTS) is 1. The van der Waals surface area contributed by atoms with E-state index in [-0.39, 0.29) is 6.61 Å². The highest BCUT2D eigenvalue weighted by molar-refractivity contribution is 5.59. The molecule has 82 valence electrons. The van der Waals surface area contributed by atoms with Crippen LogP contribution in [-0.4, -0.2) is 38.2 Å². The number of ether oxygens (including phenoxy) is 3. The van der Waals surface area contributed by atoms with E-state index in [0.29, 0.717) is 0 Å². The summed E-state index contributed by atoms with van der Waals surface area (Å²) in [6.07, 6.45) is 0.845. The van der Waals surface area contributed by atoms with E-state index >= 15 is 0 Å². The summed E-state index contributed by atoms with van der Waals surface area (Å²) in [7, 11) is 2.34. The van der Waals surface area contributed by atoms with Crippen LogP contribution in [0.4, 0.5) is 9.59 Å². The summed E-state index contributed by atoms with van der Waals surface area (Å²) in [5, 5.41) is 7.50. The topological polar surface area (TPSA) is 108 Å². The van der Waals surface area contributed by atoms with Crippen molar-refractivity contribution >= 4 is 12.3 Å². The van der Waals surface area contributed by atoms with Gasteiger partial charge in [-0.15, -0.1) is 0 Å². The minimum absolute atomic E-state index is 0.156. The lowest BCUT2D eigenvalue weighted by Gasteiger charge is -1.96. The summed E-state index contributed by atoms with van der Waals surface area (Å²) in [4.78, 5) is 19.3. The summed E-state index contributed by atoms with van der Waals surface area (Å²) < 4.78 is 12.2. The van der Waals surface area contributed by atoms with E-state index in [4.69, 9.17) is 15.6 Å². The molecule has 0 rings (SSSR count). The zero-order valence-electron chi connectivity index (χ0n) is 7.93. The Hall–Kier alpha value is -1.92. The molecule has 0 heterocycles. The third kappa shape index (κ3) is 16.6. The molecule has 0 saturated heterocycles. The van der Waals surface area contributed by atoms with E-state index in [1.807, 2.05) is 0 Å². The molecular weight excluding hydrogens is 194 g/mol. The van der Waals surface area contributed by atoms with Gasteiger partial charge in [0.25, 0.3) is 0 Å². The lowest BCUT2D eigenvalue weighted by Crippen LogP contribution is -2.03. The molecule has 0 aromatic heterocycles. The molecule has 0 aliphatic carbocycles. The minimum atomic E-state index is -1.25. The molecule has 0 atom stereocenters. The Bertz CT molecular complexity index is 191. The van der Waals surface area contributed by atoms with Crippen molar-refractivity contribution in [3.8, 4) is 0 Å². The Kier molecular flexibility index (Phi) is 11.6.